The van der Waals surface area contributed by atoms with Crippen LogP contribution in [0.25, 0.3) is 0 Å². The van der Waals surface area contributed by atoms with Crippen LogP contribution >= 0.6 is 0 Å². The molecule has 0 fully saturated rings. The van der Waals surface area contributed by atoms with E-state index >= 15 is 0 Å². The summed E-state index contributed by atoms with van der Waals surface area (Å²) in [4.78, 5) is 0. The molecule has 0 unspecified atom stereocenters. The summed E-state index contributed by atoms with van der Waals surface area (Å²) in [5.41, 5.74) is 0.247. The van der Waals surface area contributed by atoms with Gasteiger partial charge in [0.15, 0.2) is 0 Å². The monoisotopic (exact) mass is 294 g/mol. The average molecular weight is 293 g/mol. The summed E-state index contributed by atoms with van der Waals surface area (Å²) in [6.45, 7) is 4.61. The van der Waals surface area contributed by atoms with E-state index in [2.05, 4.69) is 13.8 Å². The second kappa shape index (κ2) is 6.21. The zero-order valence-corrected chi connectivity index (χ0v) is 10.4. The zero-order valence-electron chi connectivity index (χ0n) is 5.83. The molecule has 0 saturated carbocycles. The summed E-state index contributed by atoms with van der Waals surface area (Å²) in [6.07, 6.45) is 2.86. The van der Waals surface area contributed by atoms with E-state index in [0.717, 1.165) is 0 Å². The van der Waals surface area contributed by atoms with Gasteiger partial charge in [-0.3, -0.25) is 0 Å². The minimum atomic E-state index is 0.247. The first-order chi connectivity index (χ1) is 3.81. The van der Waals surface area contributed by atoms with Crippen molar-refractivity contribution in [2.24, 2.45) is 0 Å². The Morgan fingerprint density at radius 2 is 1.50 bits per heavy atom. The molecule has 0 aromatic carbocycles. The van der Waals surface area contributed by atoms with Crippen molar-refractivity contribution in [2.75, 3.05) is 0 Å². The normalized spacial score (nSPS) is 9.50. The standard InChI is InChI=1S/C6H14Si.Hf/c1-3-5-7-6-4-2;/h3-6H2,1-2H3;/q;+2. The molecule has 0 radical (unpaired) electrons. The Labute approximate surface area is 67.2 Å². The van der Waals surface area contributed by atoms with Crippen molar-refractivity contribution in [2.45, 2.75) is 38.8 Å². The number of hydrogen-bond donors (Lipinski definition) is 0. The Morgan fingerprint density at radius 1 is 1.12 bits per heavy atom. The summed E-state index contributed by atoms with van der Waals surface area (Å²) in [7, 11) is 0. The van der Waals surface area contributed by atoms with Crippen LogP contribution < -0.4 is 0 Å². The van der Waals surface area contributed by atoms with E-state index in [1.807, 2.05) is 0 Å². The summed E-state index contributed by atoms with van der Waals surface area (Å²) < 4.78 is 0. The first-order valence-corrected chi connectivity index (χ1v) is 10.7. The zero-order chi connectivity index (χ0) is 6.41. The second-order valence-corrected chi connectivity index (χ2v) is 11.9. The van der Waals surface area contributed by atoms with Crippen molar-refractivity contribution in [3.63, 3.8) is 0 Å². The summed E-state index contributed by atoms with van der Waals surface area (Å²) >= 11 is 1.51. The van der Waals surface area contributed by atoms with Crippen LogP contribution in [0.3, 0.4) is 0 Å². The molecule has 0 rings (SSSR count). The van der Waals surface area contributed by atoms with Crippen molar-refractivity contribution >= 4 is 5.49 Å². The molecule has 0 spiro atoms. The predicted octanol–water partition coefficient (Wildman–Crippen LogP) is 2.34. The molecule has 0 bridgehead atoms. The molecular weight excluding hydrogens is 279 g/mol. The maximum absolute atomic E-state index is 2.30. The van der Waals surface area contributed by atoms with Crippen LogP contribution in [0.5, 0.6) is 0 Å². The van der Waals surface area contributed by atoms with Gasteiger partial charge < -0.3 is 0 Å². The SMILES string of the molecule is CCC[Si](=[Hf+2])CCC. The van der Waals surface area contributed by atoms with E-state index < -0.39 is 0 Å². The molecule has 0 amide bonds. The van der Waals surface area contributed by atoms with Crippen LogP contribution in [-0.4, -0.2) is 5.49 Å². The van der Waals surface area contributed by atoms with Gasteiger partial charge in [0.25, 0.3) is 0 Å². The predicted molar refractivity (Wildman–Crippen MR) is 35.9 cm³/mol. The third-order valence-corrected chi connectivity index (χ3v) is 8.70. The van der Waals surface area contributed by atoms with Gasteiger partial charge in [0, 0.05) is 0 Å². The van der Waals surface area contributed by atoms with Gasteiger partial charge in [0.2, 0.25) is 0 Å². The topological polar surface area (TPSA) is 0 Å². The molecule has 0 atom stereocenters. The molecule has 0 heterocycles. The summed E-state index contributed by atoms with van der Waals surface area (Å²) in [6, 6.07) is 3.15. The average Bonchev–Trinajstić information content (AvgIpc) is 1.68. The van der Waals surface area contributed by atoms with Gasteiger partial charge in [-0.25, -0.2) is 0 Å². The van der Waals surface area contributed by atoms with E-state index in [4.69, 9.17) is 0 Å². The fourth-order valence-corrected chi connectivity index (χ4v) is 7.57. The third kappa shape index (κ3) is 5.23. The van der Waals surface area contributed by atoms with Gasteiger partial charge >= 0.3 is 67.3 Å². The fourth-order valence-electron chi connectivity index (χ4n) is 0.729. The molecule has 0 aromatic heterocycles. The van der Waals surface area contributed by atoms with Crippen LogP contribution in [0, 0.1) is 0 Å². The van der Waals surface area contributed by atoms with Crippen LogP contribution in [0.15, 0.2) is 0 Å². The van der Waals surface area contributed by atoms with Crippen LogP contribution in [-0.2, 0) is 23.0 Å². The van der Waals surface area contributed by atoms with E-state index in [1.54, 1.807) is 12.1 Å². The van der Waals surface area contributed by atoms with Crippen molar-refractivity contribution < 1.29 is 23.0 Å². The molecule has 8 heavy (non-hydrogen) atoms. The summed E-state index contributed by atoms with van der Waals surface area (Å²) in [5, 5.41) is 0. The van der Waals surface area contributed by atoms with Crippen molar-refractivity contribution in [3.05, 3.63) is 0 Å². The van der Waals surface area contributed by atoms with Crippen molar-refractivity contribution in [1.29, 1.82) is 0 Å². The second-order valence-electron chi connectivity index (χ2n) is 2.10. The van der Waals surface area contributed by atoms with Crippen LogP contribution in [0.1, 0.15) is 26.7 Å². The van der Waals surface area contributed by atoms with Crippen molar-refractivity contribution in [3.8, 4) is 0 Å². The van der Waals surface area contributed by atoms with Gasteiger partial charge in [-0.2, -0.15) is 0 Å². The maximum atomic E-state index is 2.30. The van der Waals surface area contributed by atoms with E-state index in [9.17, 15) is 0 Å². The van der Waals surface area contributed by atoms with Gasteiger partial charge in [-0.05, 0) is 0 Å². The molecule has 0 aliphatic heterocycles. The Balaban J connectivity index is 3.06. The molecule has 0 nitrogen and oxygen atoms in total. The first kappa shape index (κ1) is 9.09. The van der Waals surface area contributed by atoms with E-state index in [0.29, 0.717) is 0 Å². The Morgan fingerprint density at radius 3 is 1.75 bits per heavy atom. The fraction of sp³-hybridized carbons (Fsp3) is 1.00. The Hall–Kier alpha value is 1.09. The van der Waals surface area contributed by atoms with Gasteiger partial charge in [0.05, 0.1) is 0 Å². The molecule has 0 aromatic rings. The molecular formula is C6H14HfSi+2. The molecule has 0 aliphatic rings. The third-order valence-electron chi connectivity index (χ3n) is 1.10. The number of hydrogen-bond acceptors (Lipinski definition) is 0. The van der Waals surface area contributed by atoms with Gasteiger partial charge in [-0.15, -0.1) is 0 Å². The minimum absolute atomic E-state index is 0.247. The number of rotatable bonds is 4. The summed E-state index contributed by atoms with van der Waals surface area (Å²) in [5.74, 6) is 0. The van der Waals surface area contributed by atoms with Crippen molar-refractivity contribution in [1.82, 2.24) is 0 Å². The molecule has 0 N–H and O–H groups in total. The Kier molecular flexibility index (Phi) is 7.05. The van der Waals surface area contributed by atoms with Crippen LogP contribution in [0.2, 0.25) is 12.1 Å². The van der Waals surface area contributed by atoms with Gasteiger partial charge in [0.1, 0.15) is 0 Å². The van der Waals surface area contributed by atoms with Gasteiger partial charge in [-0.1, -0.05) is 0 Å². The molecule has 44 valence electrons. The molecule has 0 saturated heterocycles. The molecule has 0 aliphatic carbocycles. The quantitative estimate of drug-likeness (QED) is 0.698. The molecule has 2 heteroatoms. The van der Waals surface area contributed by atoms with E-state index in [-0.39, 0.29) is 5.49 Å². The van der Waals surface area contributed by atoms with Crippen LogP contribution in [0.4, 0.5) is 0 Å². The Bertz CT molecular complexity index is 62.9. The first-order valence-electron chi connectivity index (χ1n) is 3.37. The van der Waals surface area contributed by atoms with E-state index in [1.165, 1.54) is 35.8 Å².